The van der Waals surface area contributed by atoms with Crippen molar-refractivity contribution >= 4 is 26.7 Å². The lowest BCUT2D eigenvalue weighted by molar-refractivity contribution is 1.40. The molecule has 1 atom stereocenters. The zero-order valence-electron chi connectivity index (χ0n) is 7.87. The van der Waals surface area contributed by atoms with E-state index in [9.17, 15) is 0 Å². The van der Waals surface area contributed by atoms with Crippen LogP contribution in [-0.2, 0) is 0 Å². The molecule has 0 saturated carbocycles. The van der Waals surface area contributed by atoms with Gasteiger partial charge in [0, 0.05) is 0 Å². The van der Waals surface area contributed by atoms with Crippen LogP contribution in [0.3, 0.4) is 0 Å². The number of benzene rings is 1. The van der Waals surface area contributed by atoms with Crippen molar-refractivity contribution in [2.24, 2.45) is 5.73 Å². The normalized spacial score (nSPS) is 8.23. The first-order valence-corrected chi connectivity index (χ1v) is 4.84. The molecule has 0 spiro atoms. The fourth-order valence-corrected chi connectivity index (χ4v) is 0.637. The molecule has 0 saturated heterocycles. The fourth-order valence-electron chi connectivity index (χ4n) is 0.637. The molecule has 1 aromatic carbocycles. The number of rotatable bonds is 0. The summed E-state index contributed by atoms with van der Waals surface area (Å²) in [4.78, 5) is 0. The maximum absolute atomic E-state index is 4.89. The molecule has 2 nitrogen and oxygen atoms in total. The van der Waals surface area contributed by atoms with E-state index < -0.39 is 0 Å². The summed E-state index contributed by atoms with van der Waals surface area (Å²) in [6.45, 7) is 4.19. The van der Waals surface area contributed by atoms with Gasteiger partial charge in [-0.05, 0) is 35.5 Å². The van der Waals surface area contributed by atoms with Crippen molar-refractivity contribution in [2.75, 3.05) is 0 Å². The summed E-state index contributed by atoms with van der Waals surface area (Å²) in [7, 11) is 2.18. The van der Waals surface area contributed by atoms with Gasteiger partial charge in [0.15, 0.2) is 5.11 Å². The predicted octanol–water partition coefficient (Wildman–Crippen LogP) is 1.91. The molecule has 0 fully saturated rings. The van der Waals surface area contributed by atoms with E-state index in [2.05, 4.69) is 64.8 Å². The van der Waals surface area contributed by atoms with E-state index in [1.165, 1.54) is 11.1 Å². The van der Waals surface area contributed by atoms with E-state index in [-0.39, 0.29) is 0 Å². The van der Waals surface area contributed by atoms with Crippen LogP contribution in [0.25, 0.3) is 0 Å². The van der Waals surface area contributed by atoms with Gasteiger partial charge in [0.05, 0.1) is 0 Å². The van der Waals surface area contributed by atoms with Crippen molar-refractivity contribution in [3.05, 3.63) is 35.4 Å². The molecular formula is C9H15N2PS. The average molecular weight is 214 g/mol. The highest BCUT2D eigenvalue weighted by Crippen LogP contribution is 1.99. The third-order valence-electron chi connectivity index (χ3n) is 1.36. The summed E-state index contributed by atoms with van der Waals surface area (Å²) >= 11 is 4.34. The third kappa shape index (κ3) is 7.69. The van der Waals surface area contributed by atoms with Crippen LogP contribution in [0, 0.1) is 13.8 Å². The van der Waals surface area contributed by atoms with Gasteiger partial charge in [-0.25, -0.2) is 0 Å². The molecule has 0 aliphatic heterocycles. The van der Waals surface area contributed by atoms with E-state index in [1.807, 2.05) is 0 Å². The zero-order chi connectivity index (χ0) is 10.3. The number of hydrogen-bond acceptors (Lipinski definition) is 1. The van der Waals surface area contributed by atoms with Gasteiger partial charge in [-0.15, -0.1) is 0 Å². The Morgan fingerprint density at radius 3 is 1.62 bits per heavy atom. The fraction of sp³-hybridized carbons (Fsp3) is 0.222. The van der Waals surface area contributed by atoms with Crippen LogP contribution in [0.1, 0.15) is 11.1 Å². The first-order chi connectivity index (χ1) is 6.06. The Labute approximate surface area is 87.2 Å². The summed E-state index contributed by atoms with van der Waals surface area (Å²) in [6, 6.07) is 8.48. The van der Waals surface area contributed by atoms with Gasteiger partial charge < -0.3 is 10.8 Å². The van der Waals surface area contributed by atoms with Crippen LogP contribution in [0.2, 0.25) is 0 Å². The number of nitrogens with two attached hydrogens (primary N) is 1. The maximum Gasteiger partial charge on any atom is 0.166 e. The topological polar surface area (TPSA) is 38.0 Å². The second kappa shape index (κ2) is 6.81. The highest BCUT2D eigenvalue weighted by molar-refractivity contribution is 7.80. The van der Waals surface area contributed by atoms with Gasteiger partial charge in [-0.2, -0.15) is 0 Å². The molecule has 0 aromatic heterocycles. The molecule has 4 heteroatoms. The molecule has 1 rings (SSSR count). The van der Waals surface area contributed by atoms with Gasteiger partial charge in [0.2, 0.25) is 0 Å². The third-order valence-corrected chi connectivity index (χ3v) is 2.00. The van der Waals surface area contributed by atoms with Crippen molar-refractivity contribution in [1.82, 2.24) is 5.09 Å². The Bertz CT molecular complexity index is 238. The minimum absolute atomic E-state index is 0.301. The molecular weight excluding hydrogens is 199 g/mol. The lowest BCUT2D eigenvalue weighted by Crippen LogP contribution is -2.18. The molecule has 0 aliphatic rings. The van der Waals surface area contributed by atoms with Gasteiger partial charge >= 0.3 is 0 Å². The minimum atomic E-state index is 0.301. The highest BCUT2D eigenvalue weighted by Gasteiger charge is 1.79. The molecule has 1 aromatic rings. The SMILES string of the molecule is Cc1ccc(C)cc1.NC(=S)NP. The Kier molecular flexibility index (Phi) is 6.47. The van der Waals surface area contributed by atoms with Crippen LogP contribution >= 0.6 is 21.6 Å². The highest BCUT2D eigenvalue weighted by atomic mass is 32.1. The van der Waals surface area contributed by atoms with Gasteiger partial charge in [-0.3, -0.25) is 0 Å². The van der Waals surface area contributed by atoms with Crippen molar-refractivity contribution in [3.8, 4) is 0 Å². The summed E-state index contributed by atoms with van der Waals surface area (Å²) < 4.78 is 0. The van der Waals surface area contributed by atoms with Crippen molar-refractivity contribution < 1.29 is 0 Å². The lowest BCUT2D eigenvalue weighted by Gasteiger charge is -1.90. The molecule has 72 valence electrons. The maximum atomic E-state index is 4.89. The Hall–Kier alpha value is -0.660. The summed E-state index contributed by atoms with van der Waals surface area (Å²) in [5, 5.41) is 2.75. The van der Waals surface area contributed by atoms with E-state index in [0.717, 1.165) is 0 Å². The number of hydrogen-bond donors (Lipinski definition) is 2. The van der Waals surface area contributed by atoms with Crippen LogP contribution in [0.15, 0.2) is 24.3 Å². The standard InChI is InChI=1S/C8H10.CH5N2PS/c1-7-3-5-8(2)6-4-7;2-1(5)3-4/h3-6H,1-2H3;4H2,(H3,2,3,5). The Morgan fingerprint density at radius 1 is 1.23 bits per heavy atom. The molecule has 1 unspecified atom stereocenters. The predicted molar refractivity (Wildman–Crippen MR) is 65.5 cm³/mol. The van der Waals surface area contributed by atoms with E-state index in [4.69, 9.17) is 5.73 Å². The summed E-state index contributed by atoms with van der Waals surface area (Å²) in [6.07, 6.45) is 0. The van der Waals surface area contributed by atoms with Crippen LogP contribution < -0.4 is 10.8 Å². The molecule has 0 bridgehead atoms. The second-order valence-corrected chi connectivity index (χ2v) is 3.39. The number of nitrogens with one attached hydrogen (secondary N) is 1. The molecule has 0 amide bonds. The summed E-state index contributed by atoms with van der Waals surface area (Å²) in [5.41, 5.74) is 7.55. The van der Waals surface area contributed by atoms with Crippen molar-refractivity contribution in [3.63, 3.8) is 0 Å². The molecule has 13 heavy (non-hydrogen) atoms. The van der Waals surface area contributed by atoms with Gasteiger partial charge in [0.25, 0.3) is 0 Å². The van der Waals surface area contributed by atoms with E-state index >= 15 is 0 Å². The number of thiocarbonyl (C=S) groups is 1. The van der Waals surface area contributed by atoms with Gasteiger partial charge in [-0.1, -0.05) is 35.4 Å². The molecule has 0 aliphatic carbocycles. The first-order valence-electron chi connectivity index (χ1n) is 3.85. The minimum Gasteiger partial charge on any atom is -0.376 e. The van der Waals surface area contributed by atoms with Gasteiger partial charge in [0.1, 0.15) is 0 Å². The van der Waals surface area contributed by atoms with E-state index in [1.54, 1.807) is 0 Å². The molecule has 0 radical (unpaired) electrons. The van der Waals surface area contributed by atoms with Crippen LogP contribution in [-0.4, -0.2) is 5.11 Å². The van der Waals surface area contributed by atoms with Crippen molar-refractivity contribution in [2.45, 2.75) is 13.8 Å². The molecule has 0 heterocycles. The second-order valence-electron chi connectivity index (χ2n) is 2.66. The average Bonchev–Trinajstić information content (AvgIpc) is 2.11. The van der Waals surface area contributed by atoms with E-state index in [0.29, 0.717) is 5.11 Å². The molecule has 3 N–H and O–H groups in total. The summed E-state index contributed by atoms with van der Waals surface area (Å²) in [5.74, 6) is 0. The lowest BCUT2D eigenvalue weighted by atomic mass is 10.2. The largest absolute Gasteiger partial charge is 0.376 e. The van der Waals surface area contributed by atoms with Crippen LogP contribution in [0.4, 0.5) is 0 Å². The van der Waals surface area contributed by atoms with Crippen molar-refractivity contribution in [1.29, 1.82) is 0 Å². The first kappa shape index (κ1) is 12.3. The Balaban J connectivity index is 0.000000252. The number of aryl methyl sites for hydroxylation is 2. The monoisotopic (exact) mass is 214 g/mol. The zero-order valence-corrected chi connectivity index (χ0v) is 9.84. The quantitative estimate of drug-likeness (QED) is 0.512. The van der Waals surface area contributed by atoms with Crippen LogP contribution in [0.5, 0.6) is 0 Å². The Morgan fingerprint density at radius 2 is 1.46 bits per heavy atom. The smallest absolute Gasteiger partial charge is 0.166 e.